The van der Waals surface area contributed by atoms with Gasteiger partial charge in [0.15, 0.2) is 5.82 Å². The molecule has 0 saturated carbocycles. The Hall–Kier alpha value is -3.43. The van der Waals surface area contributed by atoms with Crippen LogP contribution in [-0.4, -0.2) is 39.8 Å². The molecular weight excluding hydrogens is 385 g/mol. The summed E-state index contributed by atoms with van der Waals surface area (Å²) in [5.41, 5.74) is 0.772. The van der Waals surface area contributed by atoms with Crippen molar-refractivity contribution in [3.63, 3.8) is 0 Å². The molecule has 7 nitrogen and oxygen atoms in total. The predicted octanol–water partition coefficient (Wildman–Crippen LogP) is 2.99. The predicted molar refractivity (Wildman–Crippen MR) is 101 cm³/mol. The summed E-state index contributed by atoms with van der Waals surface area (Å²) in [5.74, 6) is 0.583. The van der Waals surface area contributed by atoms with E-state index in [9.17, 15) is 18.0 Å². The van der Waals surface area contributed by atoms with Gasteiger partial charge in [0.2, 0.25) is 0 Å². The Morgan fingerprint density at radius 2 is 1.93 bits per heavy atom. The number of anilines is 1. The number of pyridine rings is 2. The maximum absolute atomic E-state index is 12.7. The van der Waals surface area contributed by atoms with Gasteiger partial charge in [-0.3, -0.25) is 4.79 Å². The number of amides is 1. The molecule has 10 heteroatoms. The van der Waals surface area contributed by atoms with Crippen molar-refractivity contribution in [1.29, 1.82) is 0 Å². The first kappa shape index (κ1) is 20.3. The van der Waals surface area contributed by atoms with Crippen LogP contribution < -0.4 is 10.2 Å². The van der Waals surface area contributed by atoms with Gasteiger partial charge in [-0.2, -0.15) is 18.3 Å². The number of halogens is 3. The molecule has 0 aliphatic heterocycles. The lowest BCUT2D eigenvalue weighted by molar-refractivity contribution is -0.137. The highest BCUT2D eigenvalue weighted by Gasteiger charge is 2.30. The summed E-state index contributed by atoms with van der Waals surface area (Å²) in [6.45, 7) is 1.92. The van der Waals surface area contributed by atoms with Crippen molar-refractivity contribution in [2.75, 3.05) is 19.0 Å². The molecule has 0 saturated heterocycles. The van der Waals surface area contributed by atoms with Crippen LogP contribution in [0.3, 0.4) is 0 Å². The zero-order valence-electron chi connectivity index (χ0n) is 16.0. The van der Waals surface area contributed by atoms with E-state index in [1.165, 1.54) is 16.9 Å². The summed E-state index contributed by atoms with van der Waals surface area (Å²) in [6, 6.07) is 5.79. The van der Waals surface area contributed by atoms with Crippen molar-refractivity contribution in [3.05, 3.63) is 65.2 Å². The number of hydrogen-bond donors (Lipinski definition) is 1. The molecule has 0 aliphatic carbocycles. The van der Waals surface area contributed by atoms with Gasteiger partial charge in [-0.25, -0.2) is 14.6 Å². The molecule has 152 valence electrons. The molecule has 0 aliphatic rings. The Labute approximate surface area is 165 Å². The quantitative estimate of drug-likeness (QED) is 0.708. The minimum atomic E-state index is -4.46. The van der Waals surface area contributed by atoms with E-state index in [1.54, 1.807) is 19.2 Å². The molecule has 3 aromatic heterocycles. The Kier molecular flexibility index (Phi) is 5.53. The molecular formula is C19H19F3N6O. The lowest BCUT2D eigenvalue weighted by atomic mass is 10.2. The summed E-state index contributed by atoms with van der Waals surface area (Å²) in [7, 11) is 3.72. The van der Waals surface area contributed by atoms with Gasteiger partial charge >= 0.3 is 6.18 Å². The fourth-order valence-electron chi connectivity index (χ4n) is 2.78. The van der Waals surface area contributed by atoms with E-state index in [-0.39, 0.29) is 18.3 Å². The van der Waals surface area contributed by atoms with E-state index < -0.39 is 11.7 Å². The van der Waals surface area contributed by atoms with E-state index in [1.807, 2.05) is 25.1 Å². The Morgan fingerprint density at radius 1 is 1.17 bits per heavy atom. The van der Waals surface area contributed by atoms with Crippen LogP contribution >= 0.6 is 0 Å². The monoisotopic (exact) mass is 404 g/mol. The van der Waals surface area contributed by atoms with Crippen molar-refractivity contribution < 1.29 is 18.0 Å². The molecule has 0 atom stereocenters. The molecule has 0 aromatic carbocycles. The topological polar surface area (TPSA) is 75.9 Å². The van der Waals surface area contributed by atoms with Gasteiger partial charge in [0, 0.05) is 38.6 Å². The largest absolute Gasteiger partial charge is 0.417 e. The van der Waals surface area contributed by atoms with Gasteiger partial charge in [0.1, 0.15) is 5.82 Å². The van der Waals surface area contributed by atoms with Crippen LogP contribution in [0.5, 0.6) is 0 Å². The van der Waals surface area contributed by atoms with Crippen molar-refractivity contribution in [1.82, 2.24) is 25.1 Å². The van der Waals surface area contributed by atoms with E-state index in [0.717, 1.165) is 23.6 Å². The maximum Gasteiger partial charge on any atom is 0.417 e. The summed E-state index contributed by atoms with van der Waals surface area (Å²) in [4.78, 5) is 22.5. The van der Waals surface area contributed by atoms with Crippen LogP contribution in [0, 0.1) is 6.92 Å². The average molecular weight is 404 g/mol. The molecule has 0 spiro atoms. The fraction of sp³-hybridized carbons (Fsp3) is 0.263. The molecule has 0 bridgehead atoms. The van der Waals surface area contributed by atoms with Gasteiger partial charge in [0.25, 0.3) is 5.91 Å². The third-order valence-electron chi connectivity index (χ3n) is 4.28. The van der Waals surface area contributed by atoms with Crippen LogP contribution in [0.2, 0.25) is 0 Å². The number of hydrogen-bond acceptors (Lipinski definition) is 5. The molecule has 3 heterocycles. The first-order valence-corrected chi connectivity index (χ1v) is 8.66. The van der Waals surface area contributed by atoms with Crippen LogP contribution in [0.25, 0.3) is 5.82 Å². The smallest absolute Gasteiger partial charge is 0.362 e. The molecule has 1 N–H and O–H groups in total. The molecule has 0 unspecified atom stereocenters. The van der Waals surface area contributed by atoms with Crippen molar-refractivity contribution in [2.24, 2.45) is 0 Å². The second-order valence-electron chi connectivity index (χ2n) is 6.52. The third kappa shape index (κ3) is 4.36. The van der Waals surface area contributed by atoms with Gasteiger partial charge in [0.05, 0.1) is 23.0 Å². The summed E-state index contributed by atoms with van der Waals surface area (Å²) < 4.78 is 39.4. The molecule has 1 amide bonds. The highest BCUT2D eigenvalue weighted by atomic mass is 19.4. The summed E-state index contributed by atoms with van der Waals surface area (Å²) in [6.07, 6.45) is -0.694. The Bertz CT molecular complexity index is 1010. The standard InChI is InChI=1S/C19H19F3N6O/c1-12-15(18(29)25-9-13-5-4-8-23-17(13)27(2)3)11-26-28(12)16-7-6-14(10-24-16)19(20,21)22/h4-8,10-11H,9H2,1-3H3,(H,25,29). The normalized spacial score (nSPS) is 11.4. The Morgan fingerprint density at radius 3 is 2.55 bits per heavy atom. The zero-order chi connectivity index (χ0) is 21.2. The Balaban J connectivity index is 1.76. The number of carbonyl (C=O) groups excluding carboxylic acids is 1. The minimum absolute atomic E-state index is 0.191. The summed E-state index contributed by atoms with van der Waals surface area (Å²) in [5, 5.41) is 6.91. The van der Waals surface area contributed by atoms with Crippen LogP contribution in [-0.2, 0) is 12.7 Å². The molecule has 0 radical (unpaired) electrons. The number of alkyl halides is 3. The van der Waals surface area contributed by atoms with Crippen molar-refractivity contribution in [3.8, 4) is 5.82 Å². The number of carbonyl (C=O) groups is 1. The summed E-state index contributed by atoms with van der Waals surface area (Å²) >= 11 is 0. The minimum Gasteiger partial charge on any atom is -0.362 e. The zero-order valence-corrected chi connectivity index (χ0v) is 16.0. The van der Waals surface area contributed by atoms with Crippen molar-refractivity contribution in [2.45, 2.75) is 19.6 Å². The van der Waals surface area contributed by atoms with Crippen LogP contribution in [0.4, 0.5) is 19.0 Å². The second-order valence-corrected chi connectivity index (χ2v) is 6.52. The van der Waals surface area contributed by atoms with Crippen LogP contribution in [0.1, 0.15) is 27.2 Å². The van der Waals surface area contributed by atoms with Gasteiger partial charge in [-0.15, -0.1) is 0 Å². The first-order valence-electron chi connectivity index (χ1n) is 8.66. The number of rotatable bonds is 5. The molecule has 3 aromatic rings. The third-order valence-corrected chi connectivity index (χ3v) is 4.28. The fourth-order valence-corrected chi connectivity index (χ4v) is 2.78. The van der Waals surface area contributed by atoms with Gasteiger partial charge in [-0.05, 0) is 25.1 Å². The lowest BCUT2D eigenvalue weighted by Gasteiger charge is -2.16. The van der Waals surface area contributed by atoms with E-state index in [4.69, 9.17) is 0 Å². The molecule has 0 fully saturated rings. The molecule has 3 rings (SSSR count). The SMILES string of the molecule is Cc1c(C(=O)NCc2cccnc2N(C)C)cnn1-c1ccc(C(F)(F)F)cn1. The number of aromatic nitrogens is 4. The highest BCUT2D eigenvalue weighted by molar-refractivity contribution is 5.95. The lowest BCUT2D eigenvalue weighted by Crippen LogP contribution is -2.25. The van der Waals surface area contributed by atoms with Gasteiger partial charge in [-0.1, -0.05) is 6.07 Å². The first-order chi connectivity index (χ1) is 13.7. The van der Waals surface area contributed by atoms with E-state index in [2.05, 4.69) is 20.4 Å². The van der Waals surface area contributed by atoms with E-state index >= 15 is 0 Å². The van der Waals surface area contributed by atoms with Crippen molar-refractivity contribution >= 4 is 11.7 Å². The highest BCUT2D eigenvalue weighted by Crippen LogP contribution is 2.28. The number of nitrogens with one attached hydrogen (secondary N) is 1. The maximum atomic E-state index is 12.7. The van der Waals surface area contributed by atoms with Crippen LogP contribution in [0.15, 0.2) is 42.9 Å². The second kappa shape index (κ2) is 7.90. The number of nitrogens with zero attached hydrogens (tertiary/aromatic N) is 5. The van der Waals surface area contributed by atoms with Gasteiger partial charge < -0.3 is 10.2 Å². The van der Waals surface area contributed by atoms with E-state index in [0.29, 0.717) is 11.3 Å². The molecule has 29 heavy (non-hydrogen) atoms. The average Bonchev–Trinajstić information content (AvgIpc) is 3.07.